The zero-order chi connectivity index (χ0) is 35.1. The van der Waals surface area contributed by atoms with E-state index in [1.54, 1.807) is 14.0 Å². The fourth-order valence-corrected chi connectivity index (χ4v) is 7.68. The Bertz CT molecular complexity index is 1190. The molecule has 0 aliphatic heterocycles. The Morgan fingerprint density at radius 2 is 1.50 bits per heavy atom. The van der Waals surface area contributed by atoms with Gasteiger partial charge in [-0.3, -0.25) is 19.2 Å². The first kappa shape index (κ1) is 39.4. The fourth-order valence-electron chi connectivity index (χ4n) is 7.68. The van der Waals surface area contributed by atoms with Crippen molar-refractivity contribution in [3.05, 3.63) is 35.9 Å². The minimum Gasteiger partial charge on any atom is -0.345 e. The van der Waals surface area contributed by atoms with Crippen LogP contribution in [0.4, 0.5) is 0 Å². The van der Waals surface area contributed by atoms with Crippen molar-refractivity contribution in [2.45, 2.75) is 133 Å². The van der Waals surface area contributed by atoms with Crippen LogP contribution < -0.4 is 33.2 Å². The van der Waals surface area contributed by atoms with Crippen molar-refractivity contribution in [1.29, 1.82) is 0 Å². The van der Waals surface area contributed by atoms with Crippen LogP contribution in [0.2, 0.25) is 0 Å². The smallest absolute Gasteiger partial charge is 0.243 e. The molecule has 0 heterocycles. The second kappa shape index (κ2) is 19.9. The van der Waals surface area contributed by atoms with E-state index >= 15 is 0 Å². The number of carbonyl (C=O) groups is 5. The second-order valence-electron chi connectivity index (χ2n) is 14.1. The summed E-state index contributed by atoms with van der Waals surface area (Å²) in [6.07, 6.45) is 12.2. The van der Waals surface area contributed by atoms with Gasteiger partial charge in [0.1, 0.15) is 17.9 Å². The lowest BCUT2D eigenvalue weighted by molar-refractivity contribution is -0.143. The first-order valence-corrected chi connectivity index (χ1v) is 18.2. The third kappa shape index (κ3) is 11.0. The number of Topliss-reactive ketones (excluding diaryl/α,β-unsaturated/α-hetero) is 2. The van der Waals surface area contributed by atoms with E-state index in [-0.39, 0.29) is 17.7 Å². The molecule has 0 saturated heterocycles. The number of nitrogens with two attached hydrogens (primary N) is 3. The van der Waals surface area contributed by atoms with Crippen LogP contribution in [0.15, 0.2) is 30.3 Å². The predicted octanol–water partition coefficient (Wildman–Crippen LogP) is 2.46. The first-order valence-electron chi connectivity index (χ1n) is 18.2. The summed E-state index contributed by atoms with van der Waals surface area (Å²) in [5.74, 6) is -3.06. The van der Waals surface area contributed by atoms with Crippen LogP contribution in [0, 0.1) is 17.8 Å². The fraction of sp³-hybridized carbons (Fsp3) is 0.703. The number of hydrogen-bond donors (Lipinski definition) is 6. The maximum atomic E-state index is 14.3. The maximum Gasteiger partial charge on any atom is 0.243 e. The molecule has 2 fully saturated rings. The van der Waals surface area contributed by atoms with E-state index in [0.717, 1.165) is 56.9 Å². The van der Waals surface area contributed by atoms with E-state index in [9.17, 15) is 24.0 Å². The van der Waals surface area contributed by atoms with Crippen molar-refractivity contribution >= 4 is 29.7 Å². The number of rotatable bonds is 20. The monoisotopic (exact) mass is 668 g/mol. The van der Waals surface area contributed by atoms with Gasteiger partial charge in [0.25, 0.3) is 0 Å². The minimum absolute atomic E-state index is 0.289. The van der Waals surface area contributed by atoms with Crippen molar-refractivity contribution in [3.8, 4) is 0 Å². The Morgan fingerprint density at radius 3 is 2.08 bits per heavy atom. The molecule has 6 atom stereocenters. The molecule has 9 N–H and O–H groups in total. The van der Waals surface area contributed by atoms with Gasteiger partial charge >= 0.3 is 0 Å². The van der Waals surface area contributed by atoms with Crippen molar-refractivity contribution in [2.75, 3.05) is 13.6 Å². The van der Waals surface area contributed by atoms with E-state index in [1.165, 1.54) is 0 Å². The number of benzene rings is 1. The van der Waals surface area contributed by atoms with Crippen LogP contribution >= 0.6 is 0 Å². The molecule has 0 radical (unpaired) electrons. The summed E-state index contributed by atoms with van der Waals surface area (Å²) in [4.78, 5) is 68.1. The Balaban J connectivity index is 1.79. The summed E-state index contributed by atoms with van der Waals surface area (Å²) in [7, 11) is 1.69. The number of amides is 2. The van der Waals surface area contributed by atoms with Crippen LogP contribution in [-0.2, 0) is 30.4 Å². The largest absolute Gasteiger partial charge is 0.345 e. The average molecular weight is 669 g/mol. The van der Waals surface area contributed by atoms with E-state index in [0.29, 0.717) is 57.8 Å². The van der Waals surface area contributed by atoms with E-state index < -0.39 is 53.1 Å². The quantitative estimate of drug-likeness (QED) is 0.0686. The molecular formula is C37H60N6O5. The average Bonchev–Trinajstić information content (AvgIpc) is 3.10. The molecule has 48 heavy (non-hydrogen) atoms. The van der Waals surface area contributed by atoms with Gasteiger partial charge in [-0.05, 0) is 82.9 Å². The molecule has 2 aliphatic rings. The molecule has 11 heteroatoms. The second-order valence-corrected chi connectivity index (χ2v) is 14.1. The van der Waals surface area contributed by atoms with Gasteiger partial charge in [0.05, 0.1) is 24.0 Å². The molecule has 2 amide bonds. The highest BCUT2D eigenvalue weighted by Gasteiger charge is 2.52. The van der Waals surface area contributed by atoms with Crippen LogP contribution in [0.5, 0.6) is 0 Å². The molecule has 1 aromatic rings. The first-order chi connectivity index (χ1) is 23.0. The molecule has 2 saturated carbocycles. The molecule has 1 unspecified atom stereocenters. The summed E-state index contributed by atoms with van der Waals surface area (Å²) in [6.45, 7) is 1.99. The van der Waals surface area contributed by atoms with E-state index in [4.69, 9.17) is 17.2 Å². The molecule has 2 aliphatic carbocycles. The van der Waals surface area contributed by atoms with Crippen molar-refractivity contribution in [3.63, 3.8) is 0 Å². The van der Waals surface area contributed by atoms with Crippen LogP contribution in [0.25, 0.3) is 0 Å². The molecule has 3 rings (SSSR count). The van der Waals surface area contributed by atoms with Gasteiger partial charge < -0.3 is 37.9 Å². The van der Waals surface area contributed by atoms with E-state index in [1.807, 2.05) is 30.3 Å². The Labute approximate surface area is 286 Å². The van der Waals surface area contributed by atoms with Crippen molar-refractivity contribution < 1.29 is 24.0 Å². The lowest BCUT2D eigenvalue weighted by atomic mass is 9.65. The number of aldehydes is 1. The number of nitrogens with one attached hydrogen (secondary N) is 3. The van der Waals surface area contributed by atoms with Crippen LogP contribution in [-0.4, -0.2) is 73.0 Å². The van der Waals surface area contributed by atoms with Gasteiger partial charge in [0.15, 0.2) is 11.6 Å². The number of hydrogen-bond acceptors (Lipinski definition) is 9. The number of likely N-dealkylation sites (N-methyl/N-ethyl adjacent to an activating group) is 1. The summed E-state index contributed by atoms with van der Waals surface area (Å²) in [5, 5.41) is 8.71. The molecule has 0 spiro atoms. The molecule has 1 aromatic carbocycles. The highest BCUT2D eigenvalue weighted by molar-refractivity contribution is 6.10. The van der Waals surface area contributed by atoms with Gasteiger partial charge in [-0.2, -0.15) is 0 Å². The van der Waals surface area contributed by atoms with Gasteiger partial charge in [-0.25, -0.2) is 0 Å². The molecule has 268 valence electrons. The normalized spacial score (nSPS) is 20.4. The van der Waals surface area contributed by atoms with Gasteiger partial charge in [0.2, 0.25) is 11.8 Å². The van der Waals surface area contributed by atoms with Gasteiger partial charge in [-0.15, -0.1) is 0 Å². The standard InChI is InChI=1S/C37H60N6O5/c1-25(42-35(47)30(20-12-13-21-38)43-36(48)31(41-2)23-27-16-8-4-9-17-27)33(45)32(28-18-10-5-11-19-28)37(40,24-44)34(46)29(39)22-26-14-6-3-7-15-26/h4,8-9,16-17,24-26,28-32,41H,3,5-7,10-15,18-23,38-40H2,1-2H3,(H,42,47)(H,43,48)/t25-,29+,30-,31-,32?,37+/m0/s1. The maximum absolute atomic E-state index is 14.3. The van der Waals surface area contributed by atoms with Crippen molar-refractivity contribution in [1.82, 2.24) is 16.0 Å². The lowest BCUT2D eigenvalue weighted by Gasteiger charge is -2.40. The third-order valence-corrected chi connectivity index (χ3v) is 10.5. The summed E-state index contributed by atoms with van der Waals surface area (Å²) in [5.41, 5.74) is 17.7. The molecule has 11 nitrogen and oxygen atoms in total. The van der Waals surface area contributed by atoms with E-state index in [2.05, 4.69) is 16.0 Å². The molecular weight excluding hydrogens is 608 g/mol. The third-order valence-electron chi connectivity index (χ3n) is 10.5. The van der Waals surface area contributed by atoms with Gasteiger partial charge in [-0.1, -0.05) is 81.7 Å². The SMILES string of the molecule is CN[C@@H](Cc1ccccc1)C(=O)N[C@@H](CCCCN)C(=O)N[C@@H](C)C(=O)C(C1CCCCC1)[C@](N)(C=O)C(=O)[C@H](N)CC1CCCCC1. The molecule has 0 aromatic heterocycles. The van der Waals surface area contributed by atoms with Gasteiger partial charge in [0, 0.05) is 0 Å². The number of ketones is 2. The zero-order valence-electron chi connectivity index (χ0n) is 29.1. The topological polar surface area (TPSA) is 200 Å². The predicted molar refractivity (Wildman–Crippen MR) is 188 cm³/mol. The Hall–Kier alpha value is -2.99. The Morgan fingerprint density at radius 1 is 0.896 bits per heavy atom. The summed E-state index contributed by atoms with van der Waals surface area (Å²) < 4.78 is 0. The highest BCUT2D eigenvalue weighted by atomic mass is 16.2. The zero-order valence-corrected chi connectivity index (χ0v) is 29.1. The highest BCUT2D eigenvalue weighted by Crippen LogP contribution is 2.37. The Kier molecular flexibility index (Phi) is 16.3. The lowest BCUT2D eigenvalue weighted by Crippen LogP contribution is -2.66. The minimum atomic E-state index is -2.10. The summed E-state index contributed by atoms with van der Waals surface area (Å²) in [6, 6.07) is 6.06. The number of unbranched alkanes of at least 4 members (excludes halogenated alkanes) is 1. The van der Waals surface area contributed by atoms with Crippen LogP contribution in [0.1, 0.15) is 102 Å². The number of carbonyl (C=O) groups excluding carboxylic acids is 5. The molecule has 0 bridgehead atoms. The van der Waals surface area contributed by atoms with Crippen molar-refractivity contribution in [2.24, 2.45) is 35.0 Å². The van der Waals surface area contributed by atoms with Crippen LogP contribution in [0.3, 0.4) is 0 Å². The summed E-state index contributed by atoms with van der Waals surface area (Å²) >= 11 is 0.